The highest BCUT2D eigenvalue weighted by molar-refractivity contribution is 7.89. The molecule has 3 rings (SSSR count). The van der Waals surface area contributed by atoms with E-state index in [4.69, 9.17) is 5.73 Å². The summed E-state index contributed by atoms with van der Waals surface area (Å²) in [5.74, 6) is 0. The number of halogens is 1. The lowest BCUT2D eigenvalue weighted by Gasteiger charge is -2.22. The zero-order chi connectivity index (χ0) is 14.4. The SMILES string of the molecule is CC1(CN)CCN(S(=O)(=O)c2cnc3ccsc3c2)C1.Cl. The largest absolute Gasteiger partial charge is 0.330 e. The lowest BCUT2D eigenvalue weighted by molar-refractivity contribution is 0.349. The molecule has 2 aromatic heterocycles. The van der Waals surface area contributed by atoms with Gasteiger partial charge in [0.15, 0.2) is 0 Å². The lowest BCUT2D eigenvalue weighted by Crippen LogP contribution is -2.34. The summed E-state index contributed by atoms with van der Waals surface area (Å²) in [6, 6.07) is 3.60. The van der Waals surface area contributed by atoms with Gasteiger partial charge in [0.25, 0.3) is 0 Å². The van der Waals surface area contributed by atoms with E-state index in [9.17, 15) is 8.42 Å². The molecule has 1 aliphatic rings. The Bertz CT molecular complexity index is 747. The molecule has 2 N–H and O–H groups in total. The van der Waals surface area contributed by atoms with Crippen molar-refractivity contribution in [2.24, 2.45) is 11.1 Å². The van der Waals surface area contributed by atoms with Crippen LogP contribution in [0.1, 0.15) is 13.3 Å². The van der Waals surface area contributed by atoms with E-state index in [-0.39, 0.29) is 22.7 Å². The molecule has 1 unspecified atom stereocenters. The van der Waals surface area contributed by atoms with Gasteiger partial charge in [0.05, 0.1) is 10.2 Å². The highest BCUT2D eigenvalue weighted by Crippen LogP contribution is 2.33. The molecule has 3 heterocycles. The second kappa shape index (κ2) is 5.81. The van der Waals surface area contributed by atoms with E-state index in [0.29, 0.717) is 19.6 Å². The third-order valence-corrected chi connectivity index (χ3v) is 6.59. The van der Waals surface area contributed by atoms with E-state index in [0.717, 1.165) is 16.6 Å². The quantitative estimate of drug-likeness (QED) is 0.922. The molecule has 1 atom stereocenters. The summed E-state index contributed by atoms with van der Waals surface area (Å²) < 4.78 is 27.7. The van der Waals surface area contributed by atoms with Crippen molar-refractivity contribution in [2.75, 3.05) is 19.6 Å². The molecular weight excluding hydrogens is 330 g/mol. The van der Waals surface area contributed by atoms with E-state index in [1.807, 2.05) is 18.4 Å². The van der Waals surface area contributed by atoms with Crippen molar-refractivity contribution in [3.63, 3.8) is 0 Å². The zero-order valence-corrected chi connectivity index (χ0v) is 14.1. The number of pyridine rings is 1. The molecule has 0 saturated carbocycles. The molecule has 0 amide bonds. The number of thiophene rings is 1. The summed E-state index contributed by atoms with van der Waals surface area (Å²) >= 11 is 1.50. The number of hydrogen-bond donors (Lipinski definition) is 1. The Kier molecular flexibility index (Phi) is 4.60. The molecular formula is C13H18ClN3O2S2. The maximum Gasteiger partial charge on any atom is 0.244 e. The normalized spacial score (nSPS) is 23.3. The molecule has 0 bridgehead atoms. The Morgan fingerprint density at radius 3 is 2.95 bits per heavy atom. The Morgan fingerprint density at radius 2 is 2.29 bits per heavy atom. The molecule has 2 aromatic rings. The van der Waals surface area contributed by atoms with Crippen LogP contribution in [-0.4, -0.2) is 37.3 Å². The van der Waals surface area contributed by atoms with Crippen LogP contribution in [0.4, 0.5) is 0 Å². The highest BCUT2D eigenvalue weighted by Gasteiger charge is 2.39. The molecule has 0 radical (unpaired) electrons. The third-order valence-electron chi connectivity index (χ3n) is 3.93. The van der Waals surface area contributed by atoms with Gasteiger partial charge in [0, 0.05) is 19.3 Å². The van der Waals surface area contributed by atoms with Crippen LogP contribution in [-0.2, 0) is 10.0 Å². The number of sulfonamides is 1. The molecule has 0 aromatic carbocycles. The van der Waals surface area contributed by atoms with Crippen molar-refractivity contribution >= 4 is 44.0 Å². The summed E-state index contributed by atoms with van der Waals surface area (Å²) in [5.41, 5.74) is 6.46. The van der Waals surface area contributed by atoms with E-state index in [1.165, 1.54) is 21.8 Å². The van der Waals surface area contributed by atoms with Gasteiger partial charge in [0.1, 0.15) is 4.90 Å². The van der Waals surface area contributed by atoms with Gasteiger partial charge >= 0.3 is 0 Å². The van der Waals surface area contributed by atoms with E-state index >= 15 is 0 Å². The minimum Gasteiger partial charge on any atom is -0.330 e. The number of nitrogens with zero attached hydrogens (tertiary/aromatic N) is 2. The number of rotatable bonds is 3. The Hall–Kier alpha value is -0.730. The van der Waals surface area contributed by atoms with Crippen LogP contribution < -0.4 is 5.73 Å². The van der Waals surface area contributed by atoms with Crippen LogP contribution in [0.2, 0.25) is 0 Å². The fourth-order valence-electron chi connectivity index (χ4n) is 2.47. The Morgan fingerprint density at radius 1 is 1.52 bits per heavy atom. The first-order chi connectivity index (χ1) is 9.44. The van der Waals surface area contributed by atoms with E-state index < -0.39 is 10.0 Å². The average Bonchev–Trinajstić information content (AvgIpc) is 3.05. The van der Waals surface area contributed by atoms with Crippen molar-refractivity contribution < 1.29 is 8.42 Å². The van der Waals surface area contributed by atoms with Gasteiger partial charge in [-0.05, 0) is 35.9 Å². The van der Waals surface area contributed by atoms with Crippen LogP contribution in [0.25, 0.3) is 10.2 Å². The van der Waals surface area contributed by atoms with Gasteiger partial charge in [-0.2, -0.15) is 4.31 Å². The van der Waals surface area contributed by atoms with E-state index in [1.54, 1.807) is 6.07 Å². The van der Waals surface area contributed by atoms with Crippen molar-refractivity contribution in [1.29, 1.82) is 0 Å². The van der Waals surface area contributed by atoms with Gasteiger partial charge in [0.2, 0.25) is 10.0 Å². The molecule has 21 heavy (non-hydrogen) atoms. The van der Waals surface area contributed by atoms with Crippen molar-refractivity contribution in [1.82, 2.24) is 9.29 Å². The van der Waals surface area contributed by atoms with Gasteiger partial charge in [-0.1, -0.05) is 6.92 Å². The first kappa shape index (κ1) is 16.6. The summed E-state index contributed by atoms with van der Waals surface area (Å²) in [7, 11) is -3.47. The highest BCUT2D eigenvalue weighted by atomic mass is 35.5. The minimum atomic E-state index is -3.47. The predicted octanol–water partition coefficient (Wildman–Crippen LogP) is 2.08. The van der Waals surface area contributed by atoms with E-state index in [2.05, 4.69) is 4.98 Å². The van der Waals surface area contributed by atoms with Gasteiger partial charge in [-0.15, -0.1) is 23.7 Å². The third kappa shape index (κ3) is 2.93. The molecule has 0 spiro atoms. The second-order valence-electron chi connectivity index (χ2n) is 5.58. The van der Waals surface area contributed by atoms with Crippen molar-refractivity contribution in [2.45, 2.75) is 18.2 Å². The second-order valence-corrected chi connectivity index (χ2v) is 8.46. The topological polar surface area (TPSA) is 76.3 Å². The standard InChI is InChI=1S/C13H17N3O2S2.ClH/c1-13(8-14)3-4-16(9-13)20(17,18)10-6-12-11(15-7-10)2-5-19-12;/h2,5-7H,3-4,8-9,14H2,1H3;1H. The van der Waals surface area contributed by atoms with Gasteiger partial charge in [-0.25, -0.2) is 8.42 Å². The summed E-state index contributed by atoms with van der Waals surface area (Å²) in [6.45, 7) is 3.54. The molecule has 1 saturated heterocycles. The van der Waals surface area contributed by atoms with Gasteiger partial charge < -0.3 is 5.73 Å². The first-order valence-electron chi connectivity index (χ1n) is 6.48. The fraction of sp³-hybridized carbons (Fsp3) is 0.462. The molecule has 8 heteroatoms. The number of aromatic nitrogens is 1. The first-order valence-corrected chi connectivity index (χ1v) is 8.80. The lowest BCUT2D eigenvalue weighted by atomic mass is 9.90. The number of hydrogen-bond acceptors (Lipinski definition) is 5. The fourth-order valence-corrected chi connectivity index (χ4v) is 4.89. The summed E-state index contributed by atoms with van der Waals surface area (Å²) in [6.07, 6.45) is 2.25. The van der Waals surface area contributed by atoms with Crippen LogP contribution in [0.5, 0.6) is 0 Å². The maximum atomic E-state index is 12.7. The summed E-state index contributed by atoms with van der Waals surface area (Å²) in [4.78, 5) is 4.49. The molecule has 0 aliphatic carbocycles. The monoisotopic (exact) mass is 347 g/mol. The van der Waals surface area contributed by atoms with Crippen molar-refractivity contribution in [3.8, 4) is 0 Å². The minimum absolute atomic E-state index is 0. The number of nitrogens with two attached hydrogens (primary N) is 1. The zero-order valence-electron chi connectivity index (χ0n) is 11.7. The predicted molar refractivity (Wildman–Crippen MR) is 87.4 cm³/mol. The summed E-state index contributed by atoms with van der Waals surface area (Å²) in [5, 5.41) is 1.91. The molecule has 1 fully saturated rings. The molecule has 5 nitrogen and oxygen atoms in total. The average molecular weight is 348 g/mol. The molecule has 116 valence electrons. The molecule has 1 aliphatic heterocycles. The number of fused-ring (bicyclic) bond motifs is 1. The van der Waals surface area contributed by atoms with Gasteiger partial charge in [-0.3, -0.25) is 4.98 Å². The Labute approximate surface area is 134 Å². The maximum absolute atomic E-state index is 12.7. The Balaban J connectivity index is 0.00000161. The smallest absolute Gasteiger partial charge is 0.244 e. The van der Waals surface area contributed by atoms with Crippen LogP contribution in [0.15, 0.2) is 28.6 Å². The van der Waals surface area contributed by atoms with Crippen LogP contribution >= 0.6 is 23.7 Å². The van der Waals surface area contributed by atoms with Crippen LogP contribution in [0, 0.1) is 5.41 Å². The van der Waals surface area contributed by atoms with Crippen molar-refractivity contribution in [3.05, 3.63) is 23.7 Å². The van der Waals surface area contributed by atoms with Crippen LogP contribution in [0.3, 0.4) is 0 Å².